The van der Waals surface area contributed by atoms with E-state index >= 15 is 0 Å². The molecule has 0 spiro atoms. The predicted molar refractivity (Wildman–Crippen MR) is 221 cm³/mol. The number of benzene rings is 4. The second kappa shape index (κ2) is 31.6. The molecule has 1 amide bonds. The quantitative estimate of drug-likeness (QED) is 0.174. The molecule has 6 nitrogen and oxygen atoms in total. The Hall–Kier alpha value is -4.36. The summed E-state index contributed by atoms with van der Waals surface area (Å²) >= 11 is 0. The van der Waals surface area contributed by atoms with Crippen molar-refractivity contribution in [3.8, 4) is 0 Å². The summed E-state index contributed by atoms with van der Waals surface area (Å²) in [6.07, 6.45) is 3.04. The van der Waals surface area contributed by atoms with Crippen molar-refractivity contribution in [1.29, 1.82) is 0 Å². The van der Waals surface area contributed by atoms with Crippen LogP contribution in [0.25, 0.3) is 0 Å². The largest absolute Gasteiger partial charge is 0.326 e. The lowest BCUT2D eigenvalue weighted by atomic mass is 10.1. The van der Waals surface area contributed by atoms with E-state index in [4.69, 9.17) is 0 Å². The number of hydrogen-bond acceptors (Lipinski definition) is 5. The van der Waals surface area contributed by atoms with Crippen LogP contribution >= 0.6 is 0 Å². The molecule has 0 aromatic heterocycles. The zero-order valence-electron chi connectivity index (χ0n) is 30.0. The van der Waals surface area contributed by atoms with Crippen LogP contribution in [0, 0.1) is 11.8 Å². The van der Waals surface area contributed by atoms with E-state index in [-0.39, 0.29) is 57.3 Å². The van der Waals surface area contributed by atoms with Gasteiger partial charge in [0.05, 0.1) is 10.6 Å². The molecule has 0 radical (unpaired) electrons. The third-order valence-electron chi connectivity index (χ3n) is 6.66. The van der Waals surface area contributed by atoms with Crippen molar-refractivity contribution in [2.24, 2.45) is 11.8 Å². The molecule has 4 aromatic carbocycles. The number of hydrogen-bond donors (Lipinski definition) is 1. The Balaban J connectivity index is -0.000000271. The van der Waals surface area contributed by atoms with Crippen LogP contribution in [0.4, 0.5) is 5.69 Å². The van der Waals surface area contributed by atoms with Crippen LogP contribution < -0.4 is 5.32 Å². The maximum absolute atomic E-state index is 11.2. The van der Waals surface area contributed by atoms with Crippen molar-refractivity contribution in [1.82, 2.24) is 0 Å². The summed E-state index contributed by atoms with van der Waals surface area (Å²) in [5.74, 6) is 0.934. The van der Waals surface area contributed by atoms with Gasteiger partial charge < -0.3 is 5.32 Å². The second-order valence-electron chi connectivity index (χ2n) is 11.4. The Morgan fingerprint density at radius 2 is 1.00 bits per heavy atom. The Morgan fingerprint density at radius 3 is 1.35 bits per heavy atom. The first-order valence-corrected chi connectivity index (χ1v) is 18.2. The number of carbonyl (C=O) groups is 3. The highest BCUT2D eigenvalue weighted by atomic mass is 32.2. The predicted octanol–water partition coefficient (Wildman–Crippen LogP) is 11.8. The molecular formula is C44H67NO5S. The van der Waals surface area contributed by atoms with Crippen LogP contribution in [0.1, 0.15) is 106 Å². The van der Waals surface area contributed by atoms with Crippen molar-refractivity contribution >= 4 is 33.0 Å². The van der Waals surface area contributed by atoms with Gasteiger partial charge >= 0.3 is 0 Å². The van der Waals surface area contributed by atoms with E-state index < -0.39 is 9.84 Å². The van der Waals surface area contributed by atoms with Crippen LogP contribution in [-0.2, 0) is 25.8 Å². The van der Waals surface area contributed by atoms with Crippen molar-refractivity contribution < 1.29 is 22.8 Å². The lowest BCUT2D eigenvalue weighted by molar-refractivity contribution is -0.120. The molecule has 4 rings (SSSR count). The van der Waals surface area contributed by atoms with Gasteiger partial charge in [-0.2, -0.15) is 0 Å². The average Bonchev–Trinajstić information content (AvgIpc) is 3.11. The highest BCUT2D eigenvalue weighted by Gasteiger charge is 2.09. The summed E-state index contributed by atoms with van der Waals surface area (Å²) in [4.78, 5) is 32.8. The summed E-state index contributed by atoms with van der Waals surface area (Å²) in [5, 5.41) is 2.80. The van der Waals surface area contributed by atoms with E-state index in [1.165, 1.54) is 18.4 Å². The Bertz CT molecular complexity index is 1520. The number of nitrogens with one attached hydrogen (secondary N) is 1. The van der Waals surface area contributed by atoms with Crippen LogP contribution in [0.15, 0.2) is 126 Å². The van der Waals surface area contributed by atoms with Crippen LogP contribution in [0.2, 0.25) is 0 Å². The standard InChI is InChI=1S/C10H13NO.C9H10O.C9H12.C8H10O2S.C5H10O.3CH4/c1-8(2)10(12)11-9-6-4-3-5-7-9;1-2-9(10)8-6-4-3-5-7-8;1-2-6-9-7-4-3-5-8-9;1-2-11(9,10)8-6-4-3-5-7-8;1-4(2)5(3)6;;;/h3-8H,1-2H3,(H,11,12);3-7H,2H2,1H3;3-5,7-8H,2,6H2,1H3;3-7H,2H2,1H3;4H,1-3H3;3*1H4. The molecule has 284 valence electrons. The van der Waals surface area contributed by atoms with Crippen molar-refractivity contribution in [2.45, 2.75) is 102 Å². The monoisotopic (exact) mass is 721 g/mol. The molecule has 0 aliphatic rings. The maximum Gasteiger partial charge on any atom is 0.226 e. The van der Waals surface area contributed by atoms with Gasteiger partial charge in [-0.05, 0) is 43.2 Å². The molecule has 0 aliphatic heterocycles. The van der Waals surface area contributed by atoms with Gasteiger partial charge in [-0.25, -0.2) is 8.42 Å². The summed E-state index contributed by atoms with van der Waals surface area (Å²) in [7, 11) is -3.00. The number of carbonyl (C=O) groups excluding carboxylic acids is 3. The molecule has 0 saturated carbocycles. The van der Waals surface area contributed by atoms with Gasteiger partial charge in [-0.15, -0.1) is 0 Å². The first-order valence-electron chi connectivity index (χ1n) is 16.5. The number of anilines is 1. The minimum atomic E-state index is -3.00. The van der Waals surface area contributed by atoms with Gasteiger partial charge in [0, 0.05) is 29.5 Å². The smallest absolute Gasteiger partial charge is 0.226 e. The van der Waals surface area contributed by atoms with Gasteiger partial charge in [-0.3, -0.25) is 14.4 Å². The Kier molecular flexibility index (Phi) is 33.1. The maximum atomic E-state index is 11.2. The molecule has 0 unspecified atom stereocenters. The van der Waals surface area contributed by atoms with Gasteiger partial charge in [0.15, 0.2) is 15.6 Å². The van der Waals surface area contributed by atoms with Gasteiger partial charge in [-0.1, -0.05) is 174 Å². The average molecular weight is 722 g/mol. The first-order chi connectivity index (χ1) is 22.8. The van der Waals surface area contributed by atoms with Gasteiger partial charge in [0.1, 0.15) is 5.78 Å². The summed E-state index contributed by atoms with van der Waals surface area (Å²) in [6, 6.07) is 37.9. The molecule has 4 aromatic rings. The number of sulfone groups is 1. The summed E-state index contributed by atoms with van der Waals surface area (Å²) in [6.45, 7) is 14.8. The molecule has 1 N–H and O–H groups in total. The van der Waals surface area contributed by atoms with E-state index in [1.807, 2.05) is 95.3 Å². The first kappa shape index (κ1) is 53.4. The molecule has 51 heavy (non-hydrogen) atoms. The number of ketones is 2. The fourth-order valence-corrected chi connectivity index (χ4v) is 4.27. The van der Waals surface area contributed by atoms with E-state index in [0.717, 1.165) is 11.3 Å². The highest BCUT2D eigenvalue weighted by Crippen LogP contribution is 2.09. The SMILES string of the molecule is C.C.C.CC(=O)C(C)C.CC(C)C(=O)Nc1ccccc1.CCC(=O)c1ccccc1.CCCc1ccccc1.CCS(=O)(=O)c1ccccc1. The lowest BCUT2D eigenvalue weighted by Gasteiger charge is -2.06. The normalized spacial score (nSPS) is 9.37. The Labute approximate surface area is 312 Å². The third kappa shape index (κ3) is 26.2. The molecule has 0 heterocycles. The fourth-order valence-electron chi connectivity index (χ4n) is 3.36. The number of rotatable bonds is 9. The molecule has 0 atom stereocenters. The fraction of sp³-hybridized carbons (Fsp3) is 0.386. The van der Waals surface area contributed by atoms with Crippen molar-refractivity contribution in [2.75, 3.05) is 11.1 Å². The van der Waals surface area contributed by atoms with Crippen molar-refractivity contribution in [3.05, 3.63) is 132 Å². The number of amides is 1. The van der Waals surface area contributed by atoms with Crippen molar-refractivity contribution in [3.63, 3.8) is 0 Å². The van der Waals surface area contributed by atoms with Crippen LogP contribution in [-0.4, -0.2) is 31.6 Å². The second-order valence-corrected chi connectivity index (χ2v) is 13.6. The zero-order valence-corrected chi connectivity index (χ0v) is 30.8. The minimum Gasteiger partial charge on any atom is -0.326 e. The minimum absolute atomic E-state index is 0. The van der Waals surface area contributed by atoms with Gasteiger partial charge in [0.2, 0.25) is 5.91 Å². The van der Waals surface area contributed by atoms with E-state index in [0.29, 0.717) is 11.3 Å². The summed E-state index contributed by atoms with van der Waals surface area (Å²) in [5.41, 5.74) is 3.11. The van der Waals surface area contributed by atoms with E-state index in [1.54, 1.807) is 44.2 Å². The van der Waals surface area contributed by atoms with Gasteiger partial charge in [0.25, 0.3) is 0 Å². The summed E-state index contributed by atoms with van der Waals surface area (Å²) < 4.78 is 22.4. The molecule has 7 heteroatoms. The molecular weight excluding hydrogens is 655 g/mol. The number of Topliss-reactive ketones (excluding diaryl/α,β-unsaturated/α-hetero) is 2. The van der Waals surface area contributed by atoms with E-state index in [9.17, 15) is 22.8 Å². The molecule has 0 fully saturated rings. The van der Waals surface area contributed by atoms with E-state index in [2.05, 4.69) is 42.6 Å². The van der Waals surface area contributed by atoms with Crippen LogP contribution in [0.3, 0.4) is 0 Å². The number of aryl methyl sites for hydroxylation is 1. The topological polar surface area (TPSA) is 97.4 Å². The zero-order chi connectivity index (χ0) is 36.4. The highest BCUT2D eigenvalue weighted by molar-refractivity contribution is 7.91. The lowest BCUT2D eigenvalue weighted by Crippen LogP contribution is -2.17. The third-order valence-corrected chi connectivity index (χ3v) is 8.41. The molecule has 0 saturated heterocycles. The number of para-hydroxylation sites is 1. The van der Waals surface area contributed by atoms with Crippen LogP contribution in [0.5, 0.6) is 0 Å². The molecule has 0 bridgehead atoms. The molecule has 0 aliphatic carbocycles. The Morgan fingerprint density at radius 1 is 0.608 bits per heavy atom.